The first-order valence-corrected chi connectivity index (χ1v) is 6.21. The lowest BCUT2D eigenvalue weighted by molar-refractivity contribution is 0.0602. The summed E-state index contributed by atoms with van der Waals surface area (Å²) in [4.78, 5) is 23.9. The summed E-state index contributed by atoms with van der Waals surface area (Å²) < 4.78 is 15.7. The van der Waals surface area contributed by atoms with Crippen LogP contribution >= 0.6 is 0 Å². The monoisotopic (exact) mass is 305 g/mol. The zero-order valence-electron chi connectivity index (χ0n) is 12.3. The first-order valence-electron chi connectivity index (χ1n) is 6.21. The number of nitrogens with two attached hydrogens (primary N) is 1. The SMILES string of the molecule is COC(=O)c1cn(C(=O)c2cc(OC)cc(OC)c2)nc1N. The predicted octanol–water partition coefficient (Wildman–Crippen LogP) is 0.958. The third-order valence-corrected chi connectivity index (χ3v) is 2.95. The molecule has 1 aromatic carbocycles. The number of hydrogen-bond donors (Lipinski definition) is 1. The number of carbonyl (C=O) groups is 2. The number of nitrogens with zero attached hydrogens (tertiary/aromatic N) is 2. The van der Waals surface area contributed by atoms with Crippen LogP contribution in [0.25, 0.3) is 0 Å². The summed E-state index contributed by atoms with van der Waals surface area (Å²) in [7, 11) is 4.17. The fourth-order valence-corrected chi connectivity index (χ4v) is 1.82. The van der Waals surface area contributed by atoms with E-state index in [4.69, 9.17) is 15.2 Å². The molecule has 0 fully saturated rings. The van der Waals surface area contributed by atoms with Crippen LogP contribution < -0.4 is 15.2 Å². The summed E-state index contributed by atoms with van der Waals surface area (Å²) in [5.74, 6) is -0.332. The van der Waals surface area contributed by atoms with Crippen molar-refractivity contribution < 1.29 is 23.8 Å². The Morgan fingerprint density at radius 2 is 1.68 bits per heavy atom. The highest BCUT2D eigenvalue weighted by molar-refractivity contribution is 5.99. The maximum absolute atomic E-state index is 12.4. The molecule has 8 heteroatoms. The second-order valence-electron chi connectivity index (χ2n) is 4.27. The van der Waals surface area contributed by atoms with E-state index < -0.39 is 11.9 Å². The number of carbonyl (C=O) groups excluding carboxylic acids is 2. The van der Waals surface area contributed by atoms with Crippen molar-refractivity contribution in [1.82, 2.24) is 9.78 Å². The standard InChI is InChI=1S/C14H15N3O5/c1-20-9-4-8(5-10(6-9)21-2)13(18)17-7-11(12(15)16-17)14(19)22-3/h4-7H,1-3H3,(H2,15,16). The van der Waals surface area contributed by atoms with Gasteiger partial charge in [-0.3, -0.25) is 4.79 Å². The minimum Gasteiger partial charge on any atom is -0.497 e. The van der Waals surface area contributed by atoms with E-state index in [1.54, 1.807) is 6.07 Å². The van der Waals surface area contributed by atoms with Gasteiger partial charge in [0.2, 0.25) is 0 Å². The van der Waals surface area contributed by atoms with Crippen molar-refractivity contribution in [2.45, 2.75) is 0 Å². The summed E-state index contributed by atoms with van der Waals surface area (Å²) >= 11 is 0. The van der Waals surface area contributed by atoms with Gasteiger partial charge < -0.3 is 19.9 Å². The molecule has 8 nitrogen and oxygen atoms in total. The van der Waals surface area contributed by atoms with Crippen LogP contribution in [0.3, 0.4) is 0 Å². The quantitative estimate of drug-likeness (QED) is 0.838. The van der Waals surface area contributed by atoms with Gasteiger partial charge in [0.1, 0.15) is 17.1 Å². The lowest BCUT2D eigenvalue weighted by atomic mass is 10.2. The Morgan fingerprint density at radius 3 is 2.18 bits per heavy atom. The molecule has 22 heavy (non-hydrogen) atoms. The third kappa shape index (κ3) is 2.85. The average Bonchev–Trinajstić information content (AvgIpc) is 2.94. The molecule has 0 unspecified atom stereocenters. The molecule has 0 saturated carbocycles. The number of nitrogen functional groups attached to an aromatic ring is 1. The van der Waals surface area contributed by atoms with E-state index in [0.29, 0.717) is 11.5 Å². The summed E-state index contributed by atoms with van der Waals surface area (Å²) in [5, 5.41) is 3.83. The maximum Gasteiger partial charge on any atom is 0.343 e. The summed E-state index contributed by atoms with van der Waals surface area (Å²) in [5.41, 5.74) is 5.90. The molecule has 116 valence electrons. The molecule has 2 rings (SSSR count). The molecular weight excluding hydrogens is 290 g/mol. The van der Waals surface area contributed by atoms with E-state index in [1.807, 2.05) is 0 Å². The summed E-state index contributed by atoms with van der Waals surface area (Å²) in [6.45, 7) is 0. The van der Waals surface area contributed by atoms with Crippen LogP contribution in [0.1, 0.15) is 20.7 Å². The van der Waals surface area contributed by atoms with Gasteiger partial charge in [-0.05, 0) is 12.1 Å². The number of anilines is 1. The zero-order valence-corrected chi connectivity index (χ0v) is 12.3. The van der Waals surface area contributed by atoms with E-state index in [2.05, 4.69) is 9.84 Å². The van der Waals surface area contributed by atoms with Gasteiger partial charge in [0, 0.05) is 11.6 Å². The second-order valence-corrected chi connectivity index (χ2v) is 4.27. The number of methoxy groups -OCH3 is 3. The van der Waals surface area contributed by atoms with Gasteiger partial charge in [0.15, 0.2) is 5.82 Å². The van der Waals surface area contributed by atoms with Gasteiger partial charge >= 0.3 is 5.97 Å². The lowest BCUT2D eigenvalue weighted by Crippen LogP contribution is -2.13. The summed E-state index contributed by atoms with van der Waals surface area (Å²) in [6.07, 6.45) is 1.22. The van der Waals surface area contributed by atoms with Crippen LogP contribution in [0, 0.1) is 0 Å². The van der Waals surface area contributed by atoms with Crippen LogP contribution in [-0.4, -0.2) is 43.0 Å². The number of hydrogen-bond acceptors (Lipinski definition) is 7. The lowest BCUT2D eigenvalue weighted by Gasteiger charge is -2.07. The second kappa shape index (κ2) is 6.17. The Bertz CT molecular complexity index is 701. The van der Waals surface area contributed by atoms with Crippen LogP contribution in [0.15, 0.2) is 24.4 Å². The van der Waals surface area contributed by atoms with Crippen LogP contribution in [-0.2, 0) is 4.74 Å². The van der Waals surface area contributed by atoms with Crippen molar-refractivity contribution in [2.75, 3.05) is 27.1 Å². The molecule has 0 saturated heterocycles. The normalized spacial score (nSPS) is 10.1. The summed E-state index contributed by atoms with van der Waals surface area (Å²) in [6, 6.07) is 4.69. The predicted molar refractivity (Wildman–Crippen MR) is 77.3 cm³/mol. The molecular formula is C14H15N3O5. The van der Waals surface area contributed by atoms with E-state index in [1.165, 1.54) is 39.7 Å². The topological polar surface area (TPSA) is 106 Å². The first kappa shape index (κ1) is 15.4. The van der Waals surface area contributed by atoms with E-state index in [9.17, 15) is 9.59 Å². The van der Waals surface area contributed by atoms with Crippen LogP contribution in [0.2, 0.25) is 0 Å². The number of rotatable bonds is 4. The van der Waals surface area contributed by atoms with Gasteiger partial charge in [-0.25, -0.2) is 9.48 Å². The molecule has 0 radical (unpaired) electrons. The van der Waals surface area contributed by atoms with Crippen molar-refractivity contribution in [3.8, 4) is 11.5 Å². The largest absolute Gasteiger partial charge is 0.497 e. The molecule has 0 amide bonds. The molecule has 0 aliphatic carbocycles. The molecule has 0 aliphatic rings. The number of aromatic nitrogens is 2. The first-order chi connectivity index (χ1) is 10.5. The van der Waals surface area contributed by atoms with Crippen molar-refractivity contribution in [1.29, 1.82) is 0 Å². The highest BCUT2D eigenvalue weighted by Gasteiger charge is 2.19. The Morgan fingerprint density at radius 1 is 1.09 bits per heavy atom. The van der Waals surface area contributed by atoms with Crippen molar-refractivity contribution in [2.24, 2.45) is 0 Å². The molecule has 2 N–H and O–H groups in total. The molecule has 2 aromatic rings. The van der Waals surface area contributed by atoms with E-state index in [-0.39, 0.29) is 16.9 Å². The zero-order chi connectivity index (χ0) is 16.3. The van der Waals surface area contributed by atoms with Crippen LogP contribution in [0.4, 0.5) is 5.82 Å². The minimum absolute atomic E-state index is 0.0192. The van der Waals surface area contributed by atoms with Crippen molar-refractivity contribution >= 4 is 17.7 Å². The Kier molecular flexibility index (Phi) is 4.31. The van der Waals surface area contributed by atoms with Crippen LogP contribution in [0.5, 0.6) is 11.5 Å². The van der Waals surface area contributed by atoms with Gasteiger partial charge in [-0.1, -0.05) is 0 Å². The number of esters is 1. The highest BCUT2D eigenvalue weighted by atomic mass is 16.5. The molecule has 0 bridgehead atoms. The maximum atomic E-state index is 12.4. The fraction of sp³-hybridized carbons (Fsp3) is 0.214. The fourth-order valence-electron chi connectivity index (χ4n) is 1.82. The Balaban J connectivity index is 2.42. The molecule has 1 aromatic heterocycles. The molecule has 0 aliphatic heterocycles. The van der Waals surface area contributed by atoms with Gasteiger partial charge in [-0.15, -0.1) is 5.10 Å². The average molecular weight is 305 g/mol. The van der Waals surface area contributed by atoms with E-state index in [0.717, 1.165) is 4.68 Å². The number of ether oxygens (including phenoxy) is 3. The highest BCUT2D eigenvalue weighted by Crippen LogP contribution is 2.23. The minimum atomic E-state index is -0.667. The molecule has 0 spiro atoms. The van der Waals surface area contributed by atoms with Gasteiger partial charge in [-0.2, -0.15) is 0 Å². The van der Waals surface area contributed by atoms with Gasteiger partial charge in [0.05, 0.1) is 27.5 Å². The Hall–Kier alpha value is -3.03. The van der Waals surface area contributed by atoms with E-state index >= 15 is 0 Å². The third-order valence-electron chi connectivity index (χ3n) is 2.95. The molecule has 1 heterocycles. The smallest absolute Gasteiger partial charge is 0.343 e. The van der Waals surface area contributed by atoms with Gasteiger partial charge in [0.25, 0.3) is 5.91 Å². The van der Waals surface area contributed by atoms with Crippen molar-refractivity contribution in [3.63, 3.8) is 0 Å². The molecule has 0 atom stereocenters. The Labute approximate surface area is 126 Å². The number of benzene rings is 1. The van der Waals surface area contributed by atoms with Crippen molar-refractivity contribution in [3.05, 3.63) is 35.5 Å².